The molecule has 0 fully saturated rings. The van der Waals surface area contributed by atoms with E-state index in [-0.39, 0.29) is 0 Å². The van der Waals surface area contributed by atoms with E-state index in [9.17, 15) is 5.11 Å². The molecule has 0 aliphatic rings. The van der Waals surface area contributed by atoms with E-state index in [1.807, 2.05) is 18.2 Å². The third-order valence-corrected chi connectivity index (χ3v) is 2.76. The monoisotopic (exact) mass is 231 g/mol. The van der Waals surface area contributed by atoms with Gasteiger partial charge in [0.05, 0.1) is 6.26 Å². The van der Waals surface area contributed by atoms with E-state index in [1.54, 1.807) is 18.4 Å². The molecule has 2 aromatic rings. The van der Waals surface area contributed by atoms with Gasteiger partial charge in [-0.1, -0.05) is 25.1 Å². The number of hydrogen-bond acceptors (Lipinski definition) is 3. The fourth-order valence-electron chi connectivity index (χ4n) is 1.79. The minimum atomic E-state index is -0.616. The molecule has 0 bridgehead atoms. The summed E-state index contributed by atoms with van der Waals surface area (Å²) in [6.07, 6.45) is 1.92. The molecule has 2 N–H and O–H groups in total. The lowest BCUT2D eigenvalue weighted by Gasteiger charge is -2.13. The number of rotatable bonds is 5. The van der Waals surface area contributed by atoms with Crippen molar-refractivity contribution in [2.24, 2.45) is 0 Å². The summed E-state index contributed by atoms with van der Waals surface area (Å²) in [5.74, 6) is 0.589. The van der Waals surface area contributed by atoms with E-state index >= 15 is 0 Å². The molecule has 3 heteroatoms. The van der Waals surface area contributed by atoms with Crippen LogP contribution in [0.5, 0.6) is 0 Å². The maximum atomic E-state index is 9.88. The predicted octanol–water partition coefficient (Wildman–Crippen LogP) is 2.99. The smallest absolute Gasteiger partial charge is 0.134 e. The lowest BCUT2D eigenvalue weighted by atomic mass is 10.1. The van der Waals surface area contributed by atoms with Crippen molar-refractivity contribution >= 4 is 5.69 Å². The maximum Gasteiger partial charge on any atom is 0.134 e. The molecule has 0 spiro atoms. The van der Waals surface area contributed by atoms with Crippen molar-refractivity contribution in [3.63, 3.8) is 0 Å². The summed E-state index contributed by atoms with van der Waals surface area (Å²) in [5, 5.41) is 13.1. The van der Waals surface area contributed by atoms with Gasteiger partial charge in [0.25, 0.3) is 0 Å². The predicted molar refractivity (Wildman–Crippen MR) is 68.0 cm³/mol. The first-order chi connectivity index (χ1) is 8.31. The Morgan fingerprint density at radius 1 is 1.24 bits per heavy atom. The summed E-state index contributed by atoms with van der Waals surface area (Å²) in [6, 6.07) is 11.7. The topological polar surface area (TPSA) is 45.4 Å². The van der Waals surface area contributed by atoms with Crippen LogP contribution in [0, 0.1) is 0 Å². The lowest BCUT2D eigenvalue weighted by molar-refractivity contribution is 0.162. The summed E-state index contributed by atoms with van der Waals surface area (Å²) < 4.78 is 5.15. The van der Waals surface area contributed by atoms with Crippen LogP contribution < -0.4 is 5.32 Å². The Bertz CT molecular complexity index is 451. The van der Waals surface area contributed by atoms with Crippen molar-refractivity contribution in [3.05, 3.63) is 54.0 Å². The molecule has 0 aliphatic carbocycles. The van der Waals surface area contributed by atoms with E-state index in [4.69, 9.17) is 4.42 Å². The number of aliphatic hydroxyl groups excluding tert-OH is 1. The zero-order valence-electron chi connectivity index (χ0n) is 9.89. The molecule has 90 valence electrons. The zero-order valence-corrected chi connectivity index (χ0v) is 9.89. The van der Waals surface area contributed by atoms with Crippen LogP contribution in [-0.2, 0) is 6.42 Å². The molecule has 17 heavy (non-hydrogen) atoms. The van der Waals surface area contributed by atoms with Crippen LogP contribution in [0.3, 0.4) is 0 Å². The van der Waals surface area contributed by atoms with Gasteiger partial charge in [-0.3, -0.25) is 0 Å². The fourth-order valence-corrected chi connectivity index (χ4v) is 1.79. The minimum Gasteiger partial charge on any atom is -0.467 e. The molecule has 3 nitrogen and oxygen atoms in total. The summed E-state index contributed by atoms with van der Waals surface area (Å²) in [4.78, 5) is 0. The molecule has 1 unspecified atom stereocenters. The van der Waals surface area contributed by atoms with Crippen molar-refractivity contribution in [2.75, 3.05) is 11.9 Å². The number of nitrogens with one attached hydrogen (secondary N) is 1. The van der Waals surface area contributed by atoms with Crippen molar-refractivity contribution in [1.29, 1.82) is 0 Å². The number of aryl methyl sites for hydroxylation is 1. The van der Waals surface area contributed by atoms with Gasteiger partial charge in [0, 0.05) is 12.2 Å². The Morgan fingerprint density at radius 3 is 2.76 bits per heavy atom. The van der Waals surface area contributed by atoms with Gasteiger partial charge in [-0.05, 0) is 30.2 Å². The summed E-state index contributed by atoms with van der Waals surface area (Å²) >= 11 is 0. The first kappa shape index (κ1) is 11.7. The number of aliphatic hydroxyl groups is 1. The van der Waals surface area contributed by atoms with Crippen molar-refractivity contribution in [1.82, 2.24) is 0 Å². The Morgan fingerprint density at radius 2 is 2.06 bits per heavy atom. The van der Waals surface area contributed by atoms with E-state index in [0.717, 1.165) is 12.1 Å². The van der Waals surface area contributed by atoms with Crippen molar-refractivity contribution < 1.29 is 9.52 Å². The molecule has 0 amide bonds. The average molecular weight is 231 g/mol. The Hall–Kier alpha value is -1.74. The molecule has 0 saturated heterocycles. The SMILES string of the molecule is CCc1ccccc1NCC(O)c1ccco1. The van der Waals surface area contributed by atoms with Crippen LogP contribution in [0.4, 0.5) is 5.69 Å². The molecular weight excluding hydrogens is 214 g/mol. The highest BCUT2D eigenvalue weighted by atomic mass is 16.4. The van der Waals surface area contributed by atoms with E-state index in [2.05, 4.69) is 18.3 Å². The number of benzene rings is 1. The van der Waals surface area contributed by atoms with E-state index in [1.165, 1.54) is 5.56 Å². The average Bonchev–Trinajstić information content (AvgIpc) is 2.90. The van der Waals surface area contributed by atoms with Crippen LogP contribution >= 0.6 is 0 Å². The fraction of sp³-hybridized carbons (Fsp3) is 0.286. The van der Waals surface area contributed by atoms with Gasteiger partial charge in [-0.15, -0.1) is 0 Å². The summed E-state index contributed by atoms with van der Waals surface area (Å²) in [6.45, 7) is 2.56. The highest BCUT2D eigenvalue weighted by Gasteiger charge is 2.10. The maximum absolute atomic E-state index is 9.88. The quantitative estimate of drug-likeness (QED) is 0.831. The van der Waals surface area contributed by atoms with Crippen LogP contribution in [0.25, 0.3) is 0 Å². The highest BCUT2D eigenvalue weighted by Crippen LogP contribution is 2.18. The van der Waals surface area contributed by atoms with Gasteiger partial charge in [0.2, 0.25) is 0 Å². The van der Waals surface area contributed by atoms with Gasteiger partial charge >= 0.3 is 0 Å². The van der Waals surface area contributed by atoms with Crippen molar-refractivity contribution in [2.45, 2.75) is 19.4 Å². The molecule has 1 heterocycles. The third-order valence-electron chi connectivity index (χ3n) is 2.76. The molecule has 0 aliphatic heterocycles. The normalized spacial score (nSPS) is 12.4. The van der Waals surface area contributed by atoms with Gasteiger partial charge in [-0.2, -0.15) is 0 Å². The number of hydrogen-bond donors (Lipinski definition) is 2. The second-order valence-corrected chi connectivity index (χ2v) is 3.92. The second kappa shape index (κ2) is 5.55. The highest BCUT2D eigenvalue weighted by molar-refractivity contribution is 5.51. The number of anilines is 1. The van der Waals surface area contributed by atoms with Crippen LogP contribution in [0.2, 0.25) is 0 Å². The number of furan rings is 1. The summed E-state index contributed by atoms with van der Waals surface area (Å²) in [5.41, 5.74) is 2.32. The van der Waals surface area contributed by atoms with Gasteiger partial charge in [-0.25, -0.2) is 0 Å². The standard InChI is InChI=1S/C14H17NO2/c1-2-11-6-3-4-7-12(11)15-10-13(16)14-8-5-9-17-14/h3-9,13,15-16H,2,10H2,1H3. The molecule has 2 rings (SSSR count). The Balaban J connectivity index is 1.98. The Kier molecular flexibility index (Phi) is 3.83. The molecule has 0 radical (unpaired) electrons. The largest absolute Gasteiger partial charge is 0.467 e. The lowest BCUT2D eigenvalue weighted by Crippen LogP contribution is -2.12. The molecule has 1 aromatic heterocycles. The molecule has 1 aromatic carbocycles. The van der Waals surface area contributed by atoms with E-state index in [0.29, 0.717) is 12.3 Å². The first-order valence-corrected chi connectivity index (χ1v) is 5.84. The zero-order chi connectivity index (χ0) is 12.1. The van der Waals surface area contributed by atoms with Crippen LogP contribution in [0.1, 0.15) is 24.4 Å². The van der Waals surface area contributed by atoms with Gasteiger partial charge < -0.3 is 14.8 Å². The first-order valence-electron chi connectivity index (χ1n) is 5.84. The van der Waals surface area contributed by atoms with E-state index < -0.39 is 6.10 Å². The van der Waals surface area contributed by atoms with Gasteiger partial charge in [0.1, 0.15) is 11.9 Å². The Labute approximate surface area is 101 Å². The van der Waals surface area contributed by atoms with Crippen LogP contribution in [-0.4, -0.2) is 11.7 Å². The molecule has 0 saturated carbocycles. The van der Waals surface area contributed by atoms with Crippen molar-refractivity contribution in [3.8, 4) is 0 Å². The second-order valence-electron chi connectivity index (χ2n) is 3.92. The molecule has 1 atom stereocenters. The minimum absolute atomic E-state index is 0.449. The van der Waals surface area contributed by atoms with Gasteiger partial charge in [0.15, 0.2) is 0 Å². The van der Waals surface area contributed by atoms with Crippen LogP contribution in [0.15, 0.2) is 47.1 Å². The molecular formula is C14H17NO2. The number of para-hydroxylation sites is 1. The summed E-state index contributed by atoms with van der Waals surface area (Å²) in [7, 11) is 0. The third kappa shape index (κ3) is 2.88.